The van der Waals surface area contributed by atoms with Crippen LogP contribution in [-0.4, -0.2) is 11.4 Å². The number of hydrogen-bond donors (Lipinski definition) is 3. The van der Waals surface area contributed by atoms with E-state index in [0.717, 1.165) is 12.8 Å². The van der Waals surface area contributed by atoms with Crippen LogP contribution in [0.3, 0.4) is 0 Å². The molecule has 0 heterocycles. The first-order chi connectivity index (χ1) is 7.98. The monoisotopic (exact) mass is 233 g/mol. The smallest absolute Gasteiger partial charge is 0.251 e. The Labute approximate surface area is 101 Å². The molecule has 0 atom stereocenters. The lowest BCUT2D eigenvalue weighted by Crippen LogP contribution is -2.43. The Morgan fingerprint density at radius 3 is 2.24 bits per heavy atom. The second-order valence-electron chi connectivity index (χ2n) is 5.11. The Hall–Kier alpha value is -1.71. The summed E-state index contributed by atoms with van der Waals surface area (Å²) >= 11 is 0. The molecule has 17 heavy (non-hydrogen) atoms. The molecule has 1 aromatic carbocycles. The van der Waals surface area contributed by atoms with Gasteiger partial charge in [-0.05, 0) is 38.0 Å². The van der Waals surface area contributed by atoms with Gasteiger partial charge in [-0.1, -0.05) is 12.8 Å². The van der Waals surface area contributed by atoms with Crippen LogP contribution in [0.15, 0.2) is 18.2 Å². The molecular formula is C13H19N3O. The lowest BCUT2D eigenvalue weighted by Gasteiger charge is -2.25. The van der Waals surface area contributed by atoms with E-state index in [1.807, 2.05) is 0 Å². The van der Waals surface area contributed by atoms with Crippen LogP contribution in [-0.2, 0) is 0 Å². The summed E-state index contributed by atoms with van der Waals surface area (Å²) in [6.07, 6.45) is 4.43. The van der Waals surface area contributed by atoms with Gasteiger partial charge in [0.1, 0.15) is 0 Å². The van der Waals surface area contributed by atoms with Gasteiger partial charge in [-0.3, -0.25) is 4.79 Å². The number of nitrogen functional groups attached to an aromatic ring is 2. The highest BCUT2D eigenvalue weighted by Gasteiger charge is 2.30. The lowest BCUT2D eigenvalue weighted by molar-refractivity contribution is 0.0908. The highest BCUT2D eigenvalue weighted by molar-refractivity contribution is 5.96. The normalized spacial score (nSPS) is 17.9. The molecule has 1 saturated carbocycles. The molecule has 4 heteroatoms. The molecule has 0 spiro atoms. The number of hydrogen-bond acceptors (Lipinski definition) is 3. The summed E-state index contributed by atoms with van der Waals surface area (Å²) in [6.45, 7) is 2.09. The molecule has 4 nitrogen and oxygen atoms in total. The molecule has 0 saturated heterocycles. The second kappa shape index (κ2) is 4.28. The Kier molecular flexibility index (Phi) is 2.96. The Balaban J connectivity index is 2.14. The van der Waals surface area contributed by atoms with Crippen molar-refractivity contribution < 1.29 is 4.79 Å². The summed E-state index contributed by atoms with van der Waals surface area (Å²) < 4.78 is 0. The minimum absolute atomic E-state index is 0.0730. The average Bonchev–Trinajstić information content (AvgIpc) is 2.63. The number of anilines is 2. The maximum atomic E-state index is 12.1. The van der Waals surface area contributed by atoms with Gasteiger partial charge < -0.3 is 16.8 Å². The van der Waals surface area contributed by atoms with Crippen LogP contribution in [0, 0.1) is 0 Å². The number of benzene rings is 1. The Morgan fingerprint density at radius 2 is 1.71 bits per heavy atom. The maximum Gasteiger partial charge on any atom is 0.251 e. The highest BCUT2D eigenvalue weighted by atomic mass is 16.1. The molecule has 1 aromatic rings. The Bertz CT molecular complexity index is 416. The molecule has 1 fully saturated rings. The van der Waals surface area contributed by atoms with Crippen LogP contribution in [0.1, 0.15) is 43.0 Å². The van der Waals surface area contributed by atoms with E-state index in [4.69, 9.17) is 11.5 Å². The third-order valence-corrected chi connectivity index (χ3v) is 3.36. The van der Waals surface area contributed by atoms with E-state index in [-0.39, 0.29) is 11.4 Å². The SMILES string of the molecule is CC1(NC(=O)c2cc(N)cc(N)c2)CCCC1. The summed E-state index contributed by atoms with van der Waals surface area (Å²) in [7, 11) is 0. The van der Waals surface area contributed by atoms with E-state index in [1.165, 1.54) is 12.8 Å². The van der Waals surface area contributed by atoms with E-state index in [2.05, 4.69) is 12.2 Å². The van der Waals surface area contributed by atoms with Crippen molar-refractivity contribution in [1.29, 1.82) is 0 Å². The van der Waals surface area contributed by atoms with Gasteiger partial charge in [0, 0.05) is 22.5 Å². The lowest BCUT2D eigenvalue weighted by atomic mass is 10.00. The zero-order chi connectivity index (χ0) is 12.5. The summed E-state index contributed by atoms with van der Waals surface area (Å²) in [5.41, 5.74) is 12.9. The van der Waals surface area contributed by atoms with Crippen molar-refractivity contribution in [3.63, 3.8) is 0 Å². The largest absolute Gasteiger partial charge is 0.399 e. The number of nitrogens with two attached hydrogens (primary N) is 2. The third-order valence-electron chi connectivity index (χ3n) is 3.36. The van der Waals surface area contributed by atoms with E-state index >= 15 is 0 Å². The molecule has 92 valence electrons. The van der Waals surface area contributed by atoms with Gasteiger partial charge in [-0.15, -0.1) is 0 Å². The molecule has 0 bridgehead atoms. The topological polar surface area (TPSA) is 81.1 Å². The first kappa shape index (κ1) is 11.8. The van der Waals surface area contributed by atoms with Crippen molar-refractivity contribution in [2.75, 3.05) is 11.5 Å². The van der Waals surface area contributed by atoms with E-state index in [0.29, 0.717) is 16.9 Å². The molecule has 2 rings (SSSR count). The van der Waals surface area contributed by atoms with E-state index in [1.54, 1.807) is 18.2 Å². The van der Waals surface area contributed by atoms with Gasteiger partial charge >= 0.3 is 0 Å². The van der Waals surface area contributed by atoms with Crippen LogP contribution >= 0.6 is 0 Å². The van der Waals surface area contributed by atoms with Crippen molar-refractivity contribution >= 4 is 17.3 Å². The summed E-state index contributed by atoms with van der Waals surface area (Å²) in [4.78, 5) is 12.1. The number of carbonyl (C=O) groups excluding carboxylic acids is 1. The molecule has 1 aliphatic carbocycles. The molecule has 0 unspecified atom stereocenters. The van der Waals surface area contributed by atoms with E-state index < -0.39 is 0 Å². The first-order valence-corrected chi connectivity index (χ1v) is 5.97. The van der Waals surface area contributed by atoms with Crippen molar-refractivity contribution in [1.82, 2.24) is 5.32 Å². The quantitative estimate of drug-likeness (QED) is 0.682. The summed E-state index contributed by atoms with van der Waals surface area (Å²) in [5.74, 6) is -0.0894. The molecular weight excluding hydrogens is 214 g/mol. The minimum atomic E-state index is -0.0894. The van der Waals surface area contributed by atoms with Crippen molar-refractivity contribution in [2.45, 2.75) is 38.1 Å². The van der Waals surface area contributed by atoms with Gasteiger partial charge in [0.15, 0.2) is 0 Å². The van der Waals surface area contributed by atoms with Gasteiger partial charge in [0.2, 0.25) is 0 Å². The van der Waals surface area contributed by atoms with Gasteiger partial charge in [-0.2, -0.15) is 0 Å². The van der Waals surface area contributed by atoms with Crippen LogP contribution in [0.25, 0.3) is 0 Å². The highest BCUT2D eigenvalue weighted by Crippen LogP contribution is 2.29. The van der Waals surface area contributed by atoms with Crippen molar-refractivity contribution in [3.8, 4) is 0 Å². The molecule has 5 N–H and O–H groups in total. The first-order valence-electron chi connectivity index (χ1n) is 5.97. The second-order valence-corrected chi connectivity index (χ2v) is 5.11. The predicted octanol–water partition coefficient (Wildman–Crippen LogP) is 1.91. The predicted molar refractivity (Wildman–Crippen MR) is 69.6 cm³/mol. The summed E-state index contributed by atoms with van der Waals surface area (Å²) in [6, 6.07) is 4.96. The van der Waals surface area contributed by atoms with Crippen molar-refractivity contribution in [2.24, 2.45) is 0 Å². The number of rotatable bonds is 2. The van der Waals surface area contributed by atoms with Gasteiger partial charge in [-0.25, -0.2) is 0 Å². The Morgan fingerprint density at radius 1 is 1.18 bits per heavy atom. The molecule has 0 radical (unpaired) electrons. The summed E-state index contributed by atoms with van der Waals surface area (Å²) in [5, 5.41) is 3.08. The zero-order valence-electron chi connectivity index (χ0n) is 10.1. The van der Waals surface area contributed by atoms with Gasteiger partial charge in [0.05, 0.1) is 0 Å². The minimum Gasteiger partial charge on any atom is -0.399 e. The standard InChI is InChI=1S/C13H19N3O/c1-13(4-2-3-5-13)16-12(17)9-6-10(14)8-11(15)7-9/h6-8H,2-5,14-15H2,1H3,(H,16,17). The molecule has 0 aromatic heterocycles. The van der Waals surface area contributed by atoms with Crippen LogP contribution in [0.4, 0.5) is 11.4 Å². The fourth-order valence-electron chi connectivity index (χ4n) is 2.43. The third kappa shape index (κ3) is 2.70. The average molecular weight is 233 g/mol. The van der Waals surface area contributed by atoms with Crippen LogP contribution in [0.5, 0.6) is 0 Å². The number of amides is 1. The van der Waals surface area contributed by atoms with Crippen molar-refractivity contribution in [3.05, 3.63) is 23.8 Å². The van der Waals surface area contributed by atoms with Crippen LogP contribution in [0.2, 0.25) is 0 Å². The van der Waals surface area contributed by atoms with Gasteiger partial charge in [0.25, 0.3) is 5.91 Å². The number of nitrogens with one attached hydrogen (secondary N) is 1. The molecule has 1 amide bonds. The fraction of sp³-hybridized carbons (Fsp3) is 0.462. The molecule has 1 aliphatic rings. The fourth-order valence-corrected chi connectivity index (χ4v) is 2.43. The maximum absolute atomic E-state index is 12.1. The van der Waals surface area contributed by atoms with E-state index in [9.17, 15) is 4.79 Å². The number of carbonyl (C=O) groups is 1. The van der Waals surface area contributed by atoms with Crippen LogP contribution < -0.4 is 16.8 Å². The zero-order valence-corrected chi connectivity index (χ0v) is 10.1. The molecule has 0 aliphatic heterocycles.